The van der Waals surface area contributed by atoms with E-state index in [1.54, 1.807) is 0 Å². The molecule has 4 heteroatoms. The summed E-state index contributed by atoms with van der Waals surface area (Å²) in [6.45, 7) is 3.93. The number of anilines is 1. The Hall–Kier alpha value is -1.84. The first-order chi connectivity index (χ1) is 9.50. The minimum absolute atomic E-state index is 0.201. The standard InChI is InChI=1S/C16H21NO3/c1-10-6-5-9-14(11(10)2)17-15(18)12-7-3-4-8-13(12)16(19)20/h5-6,9,12-13H,3-4,7-8H2,1-2H3,(H,17,18)(H,19,20)/p-1/t12-,13-/m0/s1. The molecule has 0 aliphatic heterocycles. The summed E-state index contributed by atoms with van der Waals surface area (Å²) in [6.07, 6.45) is 2.91. The number of hydrogen-bond donors (Lipinski definition) is 1. The fourth-order valence-corrected chi connectivity index (χ4v) is 2.84. The zero-order chi connectivity index (χ0) is 14.7. The molecule has 0 heterocycles. The SMILES string of the molecule is Cc1cccc(NC(=O)[C@H]2CCCC[C@@H]2C(=O)[O-])c1C. The fourth-order valence-electron chi connectivity index (χ4n) is 2.84. The van der Waals surface area contributed by atoms with Crippen molar-refractivity contribution in [3.63, 3.8) is 0 Å². The van der Waals surface area contributed by atoms with Crippen LogP contribution in [-0.4, -0.2) is 11.9 Å². The zero-order valence-electron chi connectivity index (χ0n) is 11.9. The van der Waals surface area contributed by atoms with Gasteiger partial charge in [0.2, 0.25) is 5.91 Å². The van der Waals surface area contributed by atoms with Crippen LogP contribution >= 0.6 is 0 Å². The van der Waals surface area contributed by atoms with Crippen LogP contribution in [0.1, 0.15) is 36.8 Å². The van der Waals surface area contributed by atoms with Gasteiger partial charge in [-0.3, -0.25) is 4.79 Å². The van der Waals surface area contributed by atoms with E-state index < -0.39 is 17.8 Å². The van der Waals surface area contributed by atoms with Gasteiger partial charge >= 0.3 is 0 Å². The Morgan fingerprint density at radius 2 is 1.80 bits per heavy atom. The minimum atomic E-state index is -1.11. The average Bonchev–Trinajstić information content (AvgIpc) is 2.43. The van der Waals surface area contributed by atoms with E-state index in [4.69, 9.17) is 0 Å². The van der Waals surface area contributed by atoms with E-state index in [0.29, 0.717) is 12.8 Å². The van der Waals surface area contributed by atoms with E-state index in [1.807, 2.05) is 32.0 Å². The molecule has 2 rings (SSSR count). The second kappa shape index (κ2) is 6.07. The van der Waals surface area contributed by atoms with Gasteiger partial charge in [-0.1, -0.05) is 25.0 Å². The van der Waals surface area contributed by atoms with Crippen LogP contribution in [0.3, 0.4) is 0 Å². The Morgan fingerprint density at radius 1 is 1.15 bits per heavy atom. The van der Waals surface area contributed by atoms with Gasteiger partial charge < -0.3 is 15.2 Å². The first-order valence-electron chi connectivity index (χ1n) is 7.08. The van der Waals surface area contributed by atoms with Gasteiger partial charge in [0.15, 0.2) is 0 Å². The number of aryl methyl sites for hydroxylation is 1. The Kier molecular flexibility index (Phi) is 4.42. The van der Waals surface area contributed by atoms with Crippen molar-refractivity contribution >= 4 is 17.6 Å². The summed E-state index contributed by atoms with van der Waals surface area (Å²) in [4.78, 5) is 23.5. The summed E-state index contributed by atoms with van der Waals surface area (Å²) in [5.41, 5.74) is 2.88. The van der Waals surface area contributed by atoms with Crippen molar-refractivity contribution in [1.29, 1.82) is 0 Å². The molecule has 0 aromatic heterocycles. The number of benzene rings is 1. The fraction of sp³-hybridized carbons (Fsp3) is 0.500. The summed E-state index contributed by atoms with van der Waals surface area (Å²) in [6, 6.07) is 5.71. The molecule has 108 valence electrons. The van der Waals surface area contributed by atoms with Crippen molar-refractivity contribution in [2.75, 3.05) is 5.32 Å². The number of amides is 1. The van der Waals surface area contributed by atoms with Gasteiger partial charge in [-0.25, -0.2) is 0 Å². The maximum atomic E-state index is 12.3. The first-order valence-corrected chi connectivity index (χ1v) is 7.08. The summed E-state index contributed by atoms with van der Waals surface area (Å²) in [5.74, 6) is -2.44. The van der Waals surface area contributed by atoms with Gasteiger partial charge in [-0.15, -0.1) is 0 Å². The van der Waals surface area contributed by atoms with Crippen LogP contribution in [-0.2, 0) is 9.59 Å². The van der Waals surface area contributed by atoms with Gasteiger partial charge in [0.05, 0.1) is 0 Å². The molecule has 1 aromatic carbocycles. The Labute approximate surface area is 119 Å². The number of carbonyl (C=O) groups is 2. The monoisotopic (exact) mass is 274 g/mol. The second-order valence-electron chi connectivity index (χ2n) is 5.55. The van der Waals surface area contributed by atoms with Gasteiger partial charge in [-0.05, 0) is 43.9 Å². The number of carboxylic acids is 1. The van der Waals surface area contributed by atoms with E-state index in [0.717, 1.165) is 29.7 Å². The number of rotatable bonds is 3. The number of hydrogen-bond acceptors (Lipinski definition) is 3. The van der Waals surface area contributed by atoms with E-state index in [9.17, 15) is 14.7 Å². The second-order valence-corrected chi connectivity index (χ2v) is 5.55. The lowest BCUT2D eigenvalue weighted by atomic mass is 9.78. The van der Waals surface area contributed by atoms with Crippen molar-refractivity contribution in [1.82, 2.24) is 0 Å². The third-order valence-electron chi connectivity index (χ3n) is 4.27. The molecule has 0 bridgehead atoms. The normalized spacial score (nSPS) is 22.3. The predicted octanol–water partition coefficient (Wildman–Crippen LogP) is 1.80. The van der Waals surface area contributed by atoms with E-state index in [-0.39, 0.29) is 5.91 Å². The largest absolute Gasteiger partial charge is 0.550 e. The third kappa shape index (κ3) is 3.00. The van der Waals surface area contributed by atoms with Crippen LogP contribution in [0, 0.1) is 25.7 Å². The molecule has 0 unspecified atom stereocenters. The highest BCUT2D eigenvalue weighted by molar-refractivity contribution is 5.95. The number of aliphatic carboxylic acids is 1. The molecule has 1 fully saturated rings. The maximum absolute atomic E-state index is 12.3. The topological polar surface area (TPSA) is 69.2 Å². The molecule has 1 saturated carbocycles. The molecule has 0 radical (unpaired) electrons. The molecule has 0 saturated heterocycles. The lowest BCUT2D eigenvalue weighted by Crippen LogP contribution is -2.42. The Balaban J connectivity index is 2.14. The first kappa shape index (κ1) is 14.6. The van der Waals surface area contributed by atoms with E-state index in [2.05, 4.69) is 5.32 Å². The minimum Gasteiger partial charge on any atom is -0.550 e. The smallest absolute Gasteiger partial charge is 0.228 e. The molecular formula is C16H20NO3-. The maximum Gasteiger partial charge on any atom is 0.228 e. The molecular weight excluding hydrogens is 254 g/mol. The van der Waals surface area contributed by atoms with E-state index in [1.165, 1.54) is 0 Å². The zero-order valence-corrected chi connectivity index (χ0v) is 11.9. The van der Waals surface area contributed by atoms with Crippen molar-refractivity contribution in [2.24, 2.45) is 11.8 Å². The highest BCUT2D eigenvalue weighted by Gasteiger charge is 2.31. The van der Waals surface area contributed by atoms with Crippen LogP contribution in [0.25, 0.3) is 0 Å². The predicted molar refractivity (Wildman–Crippen MR) is 75.0 cm³/mol. The molecule has 1 amide bonds. The quantitative estimate of drug-likeness (QED) is 0.913. The number of nitrogens with one attached hydrogen (secondary N) is 1. The highest BCUT2D eigenvalue weighted by atomic mass is 16.4. The van der Waals surface area contributed by atoms with Gasteiger partial charge in [-0.2, -0.15) is 0 Å². The van der Waals surface area contributed by atoms with Crippen LogP contribution in [0.4, 0.5) is 5.69 Å². The van der Waals surface area contributed by atoms with Gasteiger partial charge in [0.25, 0.3) is 0 Å². The molecule has 4 nitrogen and oxygen atoms in total. The van der Waals surface area contributed by atoms with Crippen LogP contribution in [0.2, 0.25) is 0 Å². The summed E-state index contributed by atoms with van der Waals surface area (Å²) in [5, 5.41) is 14.0. The molecule has 1 aliphatic carbocycles. The van der Waals surface area contributed by atoms with Crippen LogP contribution in [0.5, 0.6) is 0 Å². The lowest BCUT2D eigenvalue weighted by molar-refractivity contribution is -0.313. The lowest BCUT2D eigenvalue weighted by Gasteiger charge is -2.31. The number of carboxylic acid groups (broad SMARTS) is 1. The summed E-state index contributed by atoms with van der Waals surface area (Å²) < 4.78 is 0. The van der Waals surface area contributed by atoms with Crippen molar-refractivity contribution in [3.05, 3.63) is 29.3 Å². The van der Waals surface area contributed by atoms with Crippen molar-refractivity contribution in [3.8, 4) is 0 Å². The Morgan fingerprint density at radius 3 is 2.45 bits per heavy atom. The van der Waals surface area contributed by atoms with Gasteiger partial charge in [0.1, 0.15) is 0 Å². The number of carbonyl (C=O) groups excluding carboxylic acids is 2. The van der Waals surface area contributed by atoms with E-state index >= 15 is 0 Å². The molecule has 0 spiro atoms. The average molecular weight is 274 g/mol. The van der Waals surface area contributed by atoms with Crippen LogP contribution in [0.15, 0.2) is 18.2 Å². The van der Waals surface area contributed by atoms with Crippen molar-refractivity contribution in [2.45, 2.75) is 39.5 Å². The molecule has 1 aromatic rings. The highest BCUT2D eigenvalue weighted by Crippen LogP contribution is 2.31. The Bertz CT molecular complexity index is 524. The summed E-state index contributed by atoms with van der Waals surface area (Å²) >= 11 is 0. The van der Waals surface area contributed by atoms with Gasteiger partial charge in [0, 0.05) is 23.5 Å². The molecule has 20 heavy (non-hydrogen) atoms. The molecule has 2 atom stereocenters. The molecule has 1 aliphatic rings. The molecule has 1 N–H and O–H groups in total. The van der Waals surface area contributed by atoms with Crippen molar-refractivity contribution < 1.29 is 14.7 Å². The third-order valence-corrected chi connectivity index (χ3v) is 4.27. The van der Waals surface area contributed by atoms with Crippen LogP contribution < -0.4 is 10.4 Å². The summed E-state index contributed by atoms with van der Waals surface area (Å²) in [7, 11) is 0.